The third kappa shape index (κ3) is 4.14. The van der Waals surface area contributed by atoms with Crippen molar-refractivity contribution >= 4 is 5.91 Å². The Labute approximate surface area is 152 Å². The van der Waals surface area contributed by atoms with E-state index in [1.54, 1.807) is 18.4 Å². The number of amides is 1. The molecule has 1 N–H and O–H groups in total. The van der Waals surface area contributed by atoms with Crippen molar-refractivity contribution in [2.45, 2.75) is 31.5 Å². The Bertz CT molecular complexity index is 720. The molecule has 26 heavy (non-hydrogen) atoms. The van der Waals surface area contributed by atoms with Gasteiger partial charge in [-0.15, -0.1) is 0 Å². The average molecular weight is 357 g/mol. The van der Waals surface area contributed by atoms with Gasteiger partial charge >= 0.3 is 0 Å². The van der Waals surface area contributed by atoms with E-state index in [1.165, 1.54) is 12.1 Å². The Morgan fingerprint density at radius 2 is 1.88 bits per heavy atom. The molecular formula is C20H24FN3O2. The van der Waals surface area contributed by atoms with Crippen LogP contribution in [0.15, 0.2) is 47.1 Å². The maximum Gasteiger partial charge on any atom is 0.242 e. The number of carbonyl (C=O) groups excluding carboxylic acids is 1. The fraction of sp³-hybridized carbons (Fsp3) is 0.450. The number of hydrogen-bond donors (Lipinski definition) is 1. The third-order valence-corrected chi connectivity index (χ3v) is 5.09. The molecule has 1 aromatic carbocycles. The number of furan rings is 1. The van der Waals surface area contributed by atoms with Crippen molar-refractivity contribution in [2.24, 2.45) is 0 Å². The molecule has 0 radical (unpaired) electrons. The summed E-state index contributed by atoms with van der Waals surface area (Å²) in [7, 11) is 0. The molecule has 1 aromatic heterocycles. The first-order valence-electron chi connectivity index (χ1n) is 9.24. The van der Waals surface area contributed by atoms with Crippen LogP contribution < -0.4 is 5.32 Å². The molecule has 0 unspecified atom stereocenters. The Hall–Kier alpha value is -2.18. The maximum atomic E-state index is 13.3. The topological polar surface area (TPSA) is 48.7 Å². The fourth-order valence-corrected chi connectivity index (χ4v) is 3.48. The van der Waals surface area contributed by atoms with Crippen LogP contribution in [0.4, 0.5) is 4.39 Å². The van der Waals surface area contributed by atoms with Crippen LogP contribution in [-0.2, 0) is 11.3 Å². The van der Waals surface area contributed by atoms with Crippen LogP contribution in [0, 0.1) is 5.82 Å². The summed E-state index contributed by atoms with van der Waals surface area (Å²) in [6.45, 7) is 4.11. The fourth-order valence-electron chi connectivity index (χ4n) is 3.48. The first-order chi connectivity index (χ1) is 12.7. The molecule has 5 nitrogen and oxygen atoms in total. The van der Waals surface area contributed by atoms with Crippen LogP contribution in [0.25, 0.3) is 0 Å². The van der Waals surface area contributed by atoms with E-state index < -0.39 is 0 Å². The van der Waals surface area contributed by atoms with Gasteiger partial charge in [0.25, 0.3) is 0 Å². The highest BCUT2D eigenvalue weighted by atomic mass is 19.1. The van der Waals surface area contributed by atoms with Crippen molar-refractivity contribution in [3.05, 3.63) is 59.8 Å². The molecule has 1 saturated heterocycles. The molecule has 2 aliphatic rings. The van der Waals surface area contributed by atoms with Gasteiger partial charge in [0.1, 0.15) is 17.6 Å². The second kappa shape index (κ2) is 7.60. The monoisotopic (exact) mass is 357 g/mol. The van der Waals surface area contributed by atoms with Gasteiger partial charge in [-0.1, -0.05) is 12.1 Å². The summed E-state index contributed by atoms with van der Waals surface area (Å²) >= 11 is 0. The van der Waals surface area contributed by atoms with Crippen LogP contribution in [0.5, 0.6) is 0 Å². The number of hydrogen-bond acceptors (Lipinski definition) is 4. The highest BCUT2D eigenvalue weighted by Gasteiger charge is 2.33. The summed E-state index contributed by atoms with van der Waals surface area (Å²) in [5.41, 5.74) is 0.851. The van der Waals surface area contributed by atoms with E-state index >= 15 is 0 Å². The van der Waals surface area contributed by atoms with Crippen LogP contribution >= 0.6 is 0 Å². The third-order valence-electron chi connectivity index (χ3n) is 5.09. The van der Waals surface area contributed by atoms with Crippen LogP contribution in [0.2, 0.25) is 0 Å². The highest BCUT2D eigenvalue weighted by molar-refractivity contribution is 5.83. The molecule has 2 heterocycles. The van der Waals surface area contributed by atoms with Crippen molar-refractivity contribution in [1.82, 2.24) is 15.1 Å². The minimum Gasteiger partial charge on any atom is -0.468 e. The van der Waals surface area contributed by atoms with Crippen LogP contribution in [-0.4, -0.2) is 47.9 Å². The molecule has 138 valence electrons. The first kappa shape index (κ1) is 17.2. The van der Waals surface area contributed by atoms with E-state index in [2.05, 4.69) is 15.1 Å². The van der Waals surface area contributed by atoms with Crippen molar-refractivity contribution in [3.8, 4) is 0 Å². The number of benzene rings is 1. The van der Waals surface area contributed by atoms with Gasteiger partial charge in [0.05, 0.1) is 12.8 Å². The van der Waals surface area contributed by atoms with Gasteiger partial charge in [-0.2, -0.15) is 0 Å². The summed E-state index contributed by atoms with van der Waals surface area (Å²) in [5.74, 6) is 0.706. The van der Waals surface area contributed by atoms with E-state index in [1.807, 2.05) is 12.1 Å². The van der Waals surface area contributed by atoms with Gasteiger partial charge in [-0.05, 0) is 42.7 Å². The lowest BCUT2D eigenvalue weighted by Crippen LogP contribution is -2.50. The lowest BCUT2D eigenvalue weighted by atomic mass is 10.0. The molecule has 4 rings (SSSR count). The summed E-state index contributed by atoms with van der Waals surface area (Å²) in [4.78, 5) is 17.4. The molecule has 2 fully saturated rings. The molecule has 2 aromatic rings. The molecule has 1 aliphatic carbocycles. The largest absolute Gasteiger partial charge is 0.468 e. The number of piperazine rings is 1. The molecule has 1 aliphatic heterocycles. The molecule has 0 bridgehead atoms. The Balaban J connectivity index is 1.43. The second-order valence-corrected chi connectivity index (χ2v) is 7.13. The number of halogens is 1. The van der Waals surface area contributed by atoms with E-state index in [4.69, 9.17) is 4.42 Å². The Morgan fingerprint density at radius 3 is 2.50 bits per heavy atom. The van der Waals surface area contributed by atoms with E-state index in [0.717, 1.165) is 56.9 Å². The Kier molecular flexibility index (Phi) is 5.04. The highest BCUT2D eigenvalue weighted by Crippen LogP contribution is 2.26. The zero-order chi connectivity index (χ0) is 17.9. The van der Waals surface area contributed by atoms with E-state index in [0.29, 0.717) is 6.04 Å². The summed E-state index contributed by atoms with van der Waals surface area (Å²) in [5, 5.41) is 3.11. The van der Waals surface area contributed by atoms with E-state index in [9.17, 15) is 9.18 Å². The van der Waals surface area contributed by atoms with Crippen molar-refractivity contribution in [1.29, 1.82) is 0 Å². The normalized spacial score (nSPS) is 20.0. The zero-order valence-electron chi connectivity index (χ0n) is 14.7. The van der Waals surface area contributed by atoms with Gasteiger partial charge in [0.15, 0.2) is 0 Å². The summed E-state index contributed by atoms with van der Waals surface area (Å²) < 4.78 is 18.7. The number of rotatable bonds is 6. The number of nitrogens with zero attached hydrogens (tertiary/aromatic N) is 2. The van der Waals surface area contributed by atoms with Gasteiger partial charge in [0.2, 0.25) is 5.91 Å². The van der Waals surface area contributed by atoms with E-state index in [-0.39, 0.29) is 17.8 Å². The molecule has 6 heteroatoms. The van der Waals surface area contributed by atoms with Crippen molar-refractivity contribution < 1.29 is 13.6 Å². The SMILES string of the molecule is O=C(NC1CC1)[C@H](c1ccc(F)cc1)N1CCN(Cc2ccco2)CC1. The molecule has 1 atom stereocenters. The van der Waals surface area contributed by atoms with Gasteiger partial charge in [0, 0.05) is 32.2 Å². The quantitative estimate of drug-likeness (QED) is 0.863. The molecule has 0 spiro atoms. The predicted molar refractivity (Wildman–Crippen MR) is 95.9 cm³/mol. The molecular weight excluding hydrogens is 333 g/mol. The first-order valence-corrected chi connectivity index (χ1v) is 9.24. The average Bonchev–Trinajstić information content (AvgIpc) is 3.31. The van der Waals surface area contributed by atoms with Crippen LogP contribution in [0.3, 0.4) is 0 Å². The Morgan fingerprint density at radius 1 is 1.15 bits per heavy atom. The second-order valence-electron chi connectivity index (χ2n) is 7.13. The minimum atomic E-state index is -0.359. The summed E-state index contributed by atoms with van der Waals surface area (Å²) in [6, 6.07) is 10.1. The zero-order valence-corrected chi connectivity index (χ0v) is 14.7. The number of nitrogens with one attached hydrogen (secondary N) is 1. The minimum absolute atomic E-state index is 0.0265. The maximum absolute atomic E-state index is 13.3. The van der Waals surface area contributed by atoms with Gasteiger partial charge < -0.3 is 9.73 Å². The van der Waals surface area contributed by atoms with Gasteiger partial charge in [-0.25, -0.2) is 4.39 Å². The van der Waals surface area contributed by atoms with Crippen molar-refractivity contribution in [2.75, 3.05) is 26.2 Å². The lowest BCUT2D eigenvalue weighted by Gasteiger charge is -2.38. The van der Waals surface area contributed by atoms with Gasteiger partial charge in [-0.3, -0.25) is 14.6 Å². The molecule has 1 amide bonds. The smallest absolute Gasteiger partial charge is 0.242 e. The predicted octanol–water partition coefficient (Wildman–Crippen LogP) is 2.56. The standard InChI is InChI=1S/C20H24FN3O2/c21-16-5-3-15(4-6-16)19(20(25)22-17-7-8-17)24-11-9-23(10-12-24)14-18-2-1-13-26-18/h1-6,13,17,19H,7-12,14H2,(H,22,25)/t19-/m0/s1. The lowest BCUT2D eigenvalue weighted by molar-refractivity contribution is -0.127. The summed E-state index contributed by atoms with van der Waals surface area (Å²) in [6.07, 6.45) is 3.80. The van der Waals surface area contributed by atoms with Crippen molar-refractivity contribution in [3.63, 3.8) is 0 Å². The molecule has 1 saturated carbocycles. The number of carbonyl (C=O) groups is 1. The van der Waals surface area contributed by atoms with Crippen LogP contribution in [0.1, 0.15) is 30.2 Å².